The highest BCUT2D eigenvalue weighted by Gasteiger charge is 2.29. The van der Waals surface area contributed by atoms with Crippen molar-refractivity contribution in [3.8, 4) is 0 Å². The first-order valence-corrected chi connectivity index (χ1v) is 8.12. The number of likely N-dealkylation sites (tertiary alicyclic amines) is 1. The Bertz CT molecular complexity index is 641. The number of nitrogens with zero attached hydrogens (tertiary/aromatic N) is 1. The van der Waals surface area contributed by atoms with Gasteiger partial charge in [0.15, 0.2) is 0 Å². The maximum Gasteiger partial charge on any atom is 0.306 e. The summed E-state index contributed by atoms with van der Waals surface area (Å²) in [7, 11) is 0. The van der Waals surface area contributed by atoms with Gasteiger partial charge in [-0.2, -0.15) is 0 Å². The molecule has 0 bridgehead atoms. The minimum atomic E-state index is -0.806. The third kappa shape index (κ3) is 4.13. The second-order valence-electron chi connectivity index (χ2n) is 7.15. The van der Waals surface area contributed by atoms with Crippen LogP contribution in [-0.2, 0) is 9.59 Å². The second-order valence-corrected chi connectivity index (χ2v) is 7.15. The average Bonchev–Trinajstić information content (AvgIpc) is 2.54. The van der Waals surface area contributed by atoms with Gasteiger partial charge in [-0.25, -0.2) is 0 Å². The predicted molar refractivity (Wildman–Crippen MR) is 90.8 cm³/mol. The van der Waals surface area contributed by atoms with Crippen LogP contribution in [0.3, 0.4) is 0 Å². The van der Waals surface area contributed by atoms with E-state index in [0.29, 0.717) is 37.2 Å². The molecule has 0 aliphatic carbocycles. The Labute approximate surface area is 141 Å². The summed E-state index contributed by atoms with van der Waals surface area (Å²) in [6, 6.07) is 6.92. The molecule has 0 saturated carbocycles. The minimum absolute atomic E-state index is 0.160. The Hall–Kier alpha value is -2.37. The Morgan fingerprint density at radius 2 is 1.71 bits per heavy atom. The molecular weight excluding hydrogens is 308 g/mol. The van der Waals surface area contributed by atoms with Crippen LogP contribution in [0.15, 0.2) is 24.3 Å². The van der Waals surface area contributed by atoms with E-state index in [4.69, 9.17) is 5.11 Å². The number of aliphatic carboxylic acids is 1. The number of carboxylic acids is 1. The molecule has 1 aromatic rings. The minimum Gasteiger partial charge on any atom is -0.481 e. The van der Waals surface area contributed by atoms with Crippen molar-refractivity contribution in [2.75, 3.05) is 18.4 Å². The van der Waals surface area contributed by atoms with Crippen LogP contribution in [0.25, 0.3) is 0 Å². The van der Waals surface area contributed by atoms with Crippen LogP contribution in [-0.4, -0.2) is 40.9 Å². The Morgan fingerprint density at radius 1 is 1.12 bits per heavy atom. The molecular formula is C18H24N2O4. The van der Waals surface area contributed by atoms with Crippen LogP contribution in [0.5, 0.6) is 0 Å². The van der Waals surface area contributed by atoms with Crippen molar-refractivity contribution in [3.63, 3.8) is 0 Å². The van der Waals surface area contributed by atoms with Crippen molar-refractivity contribution in [1.29, 1.82) is 0 Å². The SMILES string of the molecule is CC(C)(C)C(=O)Nc1ccccc1C(=O)N1CCC(C(=O)O)CC1. The zero-order valence-corrected chi connectivity index (χ0v) is 14.3. The summed E-state index contributed by atoms with van der Waals surface area (Å²) in [5.74, 6) is -1.53. The molecule has 1 aliphatic heterocycles. The Balaban J connectivity index is 2.13. The molecule has 1 saturated heterocycles. The van der Waals surface area contributed by atoms with E-state index in [9.17, 15) is 14.4 Å². The molecule has 1 aliphatic rings. The molecule has 0 radical (unpaired) electrons. The third-order valence-corrected chi connectivity index (χ3v) is 4.22. The molecule has 2 amide bonds. The number of anilines is 1. The average molecular weight is 332 g/mol. The lowest BCUT2D eigenvalue weighted by molar-refractivity contribution is -0.143. The molecule has 6 heteroatoms. The van der Waals surface area contributed by atoms with Gasteiger partial charge in [-0.15, -0.1) is 0 Å². The summed E-state index contributed by atoms with van der Waals surface area (Å²) in [5.41, 5.74) is 0.363. The molecule has 0 aromatic heterocycles. The number of para-hydroxylation sites is 1. The van der Waals surface area contributed by atoms with Crippen LogP contribution in [0, 0.1) is 11.3 Å². The molecule has 1 heterocycles. The molecule has 2 rings (SSSR count). The lowest BCUT2D eigenvalue weighted by Crippen LogP contribution is -2.40. The highest BCUT2D eigenvalue weighted by Crippen LogP contribution is 2.24. The van der Waals surface area contributed by atoms with Crippen molar-refractivity contribution in [2.45, 2.75) is 33.6 Å². The lowest BCUT2D eigenvalue weighted by Gasteiger charge is -2.30. The van der Waals surface area contributed by atoms with Gasteiger partial charge in [0.25, 0.3) is 5.91 Å². The highest BCUT2D eigenvalue weighted by molar-refractivity contribution is 6.04. The van der Waals surface area contributed by atoms with E-state index >= 15 is 0 Å². The molecule has 0 atom stereocenters. The zero-order valence-electron chi connectivity index (χ0n) is 14.3. The van der Waals surface area contributed by atoms with Gasteiger partial charge in [0.05, 0.1) is 17.2 Å². The number of carbonyl (C=O) groups is 3. The number of amides is 2. The number of rotatable bonds is 3. The summed E-state index contributed by atoms with van der Waals surface area (Å²) in [4.78, 5) is 37.6. The molecule has 130 valence electrons. The molecule has 1 aromatic carbocycles. The first-order chi connectivity index (χ1) is 11.2. The Kier molecular flexibility index (Phi) is 5.26. The summed E-state index contributed by atoms with van der Waals surface area (Å²) in [6.45, 7) is 6.25. The second kappa shape index (κ2) is 7.03. The van der Waals surface area contributed by atoms with Crippen molar-refractivity contribution < 1.29 is 19.5 Å². The van der Waals surface area contributed by atoms with Crippen molar-refractivity contribution in [1.82, 2.24) is 4.90 Å². The largest absolute Gasteiger partial charge is 0.481 e. The molecule has 1 fully saturated rings. The predicted octanol–water partition coefficient (Wildman–Crippen LogP) is 2.61. The van der Waals surface area contributed by atoms with Crippen LogP contribution in [0.2, 0.25) is 0 Å². The summed E-state index contributed by atoms with van der Waals surface area (Å²) < 4.78 is 0. The highest BCUT2D eigenvalue weighted by atomic mass is 16.4. The van der Waals surface area contributed by atoms with E-state index in [1.807, 2.05) is 20.8 Å². The zero-order chi connectivity index (χ0) is 17.9. The van der Waals surface area contributed by atoms with Crippen LogP contribution in [0.4, 0.5) is 5.69 Å². The van der Waals surface area contributed by atoms with Crippen molar-refractivity contribution in [3.05, 3.63) is 29.8 Å². The number of piperidine rings is 1. The van der Waals surface area contributed by atoms with Gasteiger partial charge in [0, 0.05) is 18.5 Å². The third-order valence-electron chi connectivity index (χ3n) is 4.22. The summed E-state index contributed by atoms with van der Waals surface area (Å²) >= 11 is 0. The fourth-order valence-electron chi connectivity index (χ4n) is 2.59. The van der Waals surface area contributed by atoms with Gasteiger partial charge in [0.1, 0.15) is 0 Å². The molecule has 0 spiro atoms. The fraction of sp³-hybridized carbons (Fsp3) is 0.500. The van der Waals surface area contributed by atoms with E-state index in [1.54, 1.807) is 29.2 Å². The molecule has 24 heavy (non-hydrogen) atoms. The number of benzene rings is 1. The van der Waals surface area contributed by atoms with Gasteiger partial charge in [0.2, 0.25) is 5.91 Å². The van der Waals surface area contributed by atoms with Crippen molar-refractivity contribution in [2.24, 2.45) is 11.3 Å². The fourth-order valence-corrected chi connectivity index (χ4v) is 2.59. The number of carboxylic acid groups (broad SMARTS) is 1. The van der Waals surface area contributed by atoms with Crippen LogP contribution >= 0.6 is 0 Å². The molecule has 0 unspecified atom stereocenters. The smallest absolute Gasteiger partial charge is 0.306 e. The first kappa shape index (κ1) is 18.0. The molecule has 6 nitrogen and oxygen atoms in total. The monoisotopic (exact) mass is 332 g/mol. The maximum atomic E-state index is 12.8. The van der Waals surface area contributed by atoms with Gasteiger partial charge in [-0.05, 0) is 25.0 Å². The topological polar surface area (TPSA) is 86.7 Å². The van der Waals surface area contributed by atoms with E-state index < -0.39 is 11.4 Å². The first-order valence-electron chi connectivity index (χ1n) is 8.12. The lowest BCUT2D eigenvalue weighted by atomic mass is 9.95. The summed E-state index contributed by atoms with van der Waals surface area (Å²) in [6.07, 6.45) is 0.912. The van der Waals surface area contributed by atoms with E-state index in [0.717, 1.165) is 0 Å². The maximum absolute atomic E-state index is 12.8. The normalized spacial score (nSPS) is 15.9. The van der Waals surface area contributed by atoms with E-state index in [1.165, 1.54) is 0 Å². The van der Waals surface area contributed by atoms with E-state index in [-0.39, 0.29) is 17.7 Å². The standard InChI is InChI=1S/C18H24N2O4/c1-18(2,3)17(24)19-14-7-5-4-6-13(14)15(21)20-10-8-12(9-11-20)16(22)23/h4-7,12H,8-11H2,1-3H3,(H,19,24)(H,22,23). The van der Waals surface area contributed by atoms with Crippen LogP contribution < -0.4 is 5.32 Å². The number of hydrogen-bond acceptors (Lipinski definition) is 3. The van der Waals surface area contributed by atoms with Gasteiger partial charge < -0.3 is 15.3 Å². The molecule has 2 N–H and O–H groups in total. The number of hydrogen-bond donors (Lipinski definition) is 2. The van der Waals surface area contributed by atoms with E-state index in [2.05, 4.69) is 5.32 Å². The van der Waals surface area contributed by atoms with Gasteiger partial charge >= 0.3 is 5.97 Å². The summed E-state index contributed by atoms with van der Waals surface area (Å²) in [5, 5.41) is 11.9. The number of nitrogens with one attached hydrogen (secondary N) is 1. The van der Waals surface area contributed by atoms with Gasteiger partial charge in [-0.1, -0.05) is 32.9 Å². The quantitative estimate of drug-likeness (QED) is 0.891. The Morgan fingerprint density at radius 3 is 2.25 bits per heavy atom. The van der Waals surface area contributed by atoms with Crippen molar-refractivity contribution >= 4 is 23.5 Å². The van der Waals surface area contributed by atoms with Crippen LogP contribution in [0.1, 0.15) is 44.0 Å². The number of carbonyl (C=O) groups excluding carboxylic acids is 2. The van der Waals surface area contributed by atoms with Gasteiger partial charge in [-0.3, -0.25) is 14.4 Å².